The number of halogens is 1. The van der Waals surface area contributed by atoms with Crippen LogP contribution in [0.2, 0.25) is 0 Å². The Kier molecular flexibility index (Phi) is 4.20. The largest absolute Gasteiger partial charge is 0.459 e. The molecular formula is C22H25BrN2O3. The number of esters is 1. The van der Waals surface area contributed by atoms with Gasteiger partial charge in [0.2, 0.25) is 0 Å². The van der Waals surface area contributed by atoms with Gasteiger partial charge in [0.05, 0.1) is 12.1 Å². The number of aromatic nitrogens is 2. The molecule has 2 atom stereocenters. The molecular weight excluding hydrogens is 420 g/mol. The van der Waals surface area contributed by atoms with Gasteiger partial charge in [0.1, 0.15) is 12.3 Å². The second-order valence-corrected chi connectivity index (χ2v) is 11.1. The van der Waals surface area contributed by atoms with Crippen molar-refractivity contribution < 1.29 is 9.53 Å². The molecule has 4 bridgehead atoms. The number of nitrogens with zero attached hydrogens (tertiary/aromatic N) is 2. The quantitative estimate of drug-likeness (QED) is 0.524. The van der Waals surface area contributed by atoms with Crippen molar-refractivity contribution in [3.05, 3.63) is 46.0 Å². The van der Waals surface area contributed by atoms with Gasteiger partial charge in [0, 0.05) is 16.1 Å². The van der Waals surface area contributed by atoms with Crippen molar-refractivity contribution in [2.75, 3.05) is 0 Å². The zero-order valence-corrected chi connectivity index (χ0v) is 17.7. The second kappa shape index (κ2) is 6.41. The van der Waals surface area contributed by atoms with E-state index < -0.39 is 0 Å². The molecule has 6 rings (SSSR count). The Morgan fingerprint density at radius 3 is 2.75 bits per heavy atom. The van der Waals surface area contributed by atoms with Gasteiger partial charge in [-0.3, -0.25) is 14.0 Å². The lowest BCUT2D eigenvalue weighted by Crippen LogP contribution is -2.53. The zero-order valence-electron chi connectivity index (χ0n) is 16.1. The monoisotopic (exact) mass is 444 g/mol. The van der Waals surface area contributed by atoms with E-state index in [4.69, 9.17) is 4.74 Å². The fourth-order valence-corrected chi connectivity index (χ4v) is 8.00. The molecule has 4 fully saturated rings. The maximum Gasteiger partial charge on any atom is 0.306 e. The van der Waals surface area contributed by atoms with Gasteiger partial charge in [0.25, 0.3) is 5.56 Å². The Morgan fingerprint density at radius 1 is 1.29 bits per heavy atom. The van der Waals surface area contributed by atoms with Crippen LogP contribution in [-0.4, -0.2) is 19.7 Å². The number of hydrogen-bond acceptors (Lipinski definition) is 4. The summed E-state index contributed by atoms with van der Waals surface area (Å²) < 4.78 is 7.37. The van der Waals surface area contributed by atoms with Crippen molar-refractivity contribution in [2.45, 2.75) is 62.8 Å². The lowest BCUT2D eigenvalue weighted by molar-refractivity contribution is -0.152. The van der Waals surface area contributed by atoms with Crippen LogP contribution in [0.25, 0.3) is 5.65 Å². The van der Waals surface area contributed by atoms with E-state index in [1.165, 1.54) is 25.3 Å². The second-order valence-electron chi connectivity index (χ2n) is 9.40. The van der Waals surface area contributed by atoms with Crippen LogP contribution in [0.15, 0.2) is 29.1 Å². The van der Waals surface area contributed by atoms with Crippen LogP contribution in [0.1, 0.15) is 56.3 Å². The smallest absolute Gasteiger partial charge is 0.306 e. The number of ether oxygens (including phenoxy) is 1. The molecule has 6 heteroatoms. The molecule has 4 saturated carbocycles. The Labute approximate surface area is 172 Å². The molecule has 148 valence electrons. The predicted octanol–water partition coefficient (Wildman–Crippen LogP) is 4.17. The minimum Gasteiger partial charge on any atom is -0.459 e. The Bertz CT molecular complexity index is 1000. The SMILES string of the molecule is Cc1cccc2nc(COC(=O)CC34CC5CC(CC(Br)(C5)C3)C4)cc(=O)n12. The number of carbonyl (C=O) groups excluding carboxylic acids is 1. The van der Waals surface area contributed by atoms with Crippen molar-refractivity contribution >= 4 is 27.5 Å². The molecule has 0 amide bonds. The van der Waals surface area contributed by atoms with Gasteiger partial charge in [0.15, 0.2) is 0 Å². The highest BCUT2D eigenvalue weighted by molar-refractivity contribution is 9.10. The molecule has 0 N–H and O–H groups in total. The van der Waals surface area contributed by atoms with Gasteiger partial charge in [-0.05, 0) is 74.8 Å². The van der Waals surface area contributed by atoms with Gasteiger partial charge >= 0.3 is 5.97 Å². The summed E-state index contributed by atoms with van der Waals surface area (Å²) in [6.07, 6.45) is 7.71. The summed E-state index contributed by atoms with van der Waals surface area (Å²) in [5.41, 5.74) is 1.88. The van der Waals surface area contributed by atoms with Crippen LogP contribution >= 0.6 is 15.9 Å². The number of carbonyl (C=O) groups is 1. The normalized spacial score (nSPS) is 33.4. The molecule has 4 aliphatic rings. The first-order valence-corrected chi connectivity index (χ1v) is 11.0. The van der Waals surface area contributed by atoms with Crippen molar-refractivity contribution in [1.82, 2.24) is 9.38 Å². The zero-order chi connectivity index (χ0) is 19.5. The van der Waals surface area contributed by atoms with E-state index in [1.54, 1.807) is 10.5 Å². The highest BCUT2D eigenvalue weighted by atomic mass is 79.9. The molecule has 0 spiro atoms. The Balaban J connectivity index is 1.28. The summed E-state index contributed by atoms with van der Waals surface area (Å²) >= 11 is 4.00. The fraction of sp³-hybridized carbons (Fsp3) is 0.591. The van der Waals surface area contributed by atoms with Gasteiger partial charge in [-0.25, -0.2) is 4.98 Å². The maximum absolute atomic E-state index is 12.7. The first-order valence-electron chi connectivity index (χ1n) is 10.2. The number of fused-ring (bicyclic) bond motifs is 1. The molecule has 4 aliphatic carbocycles. The summed E-state index contributed by atoms with van der Waals surface area (Å²) in [5, 5.41) is 0. The molecule has 2 aromatic rings. The minimum absolute atomic E-state index is 0.0565. The van der Waals surface area contributed by atoms with E-state index in [9.17, 15) is 9.59 Å². The highest BCUT2D eigenvalue weighted by Gasteiger charge is 2.57. The van der Waals surface area contributed by atoms with Gasteiger partial charge in [-0.1, -0.05) is 22.0 Å². The standard InChI is InChI=1S/C22H25BrN2O3/c1-14-3-2-4-18-24-17(6-19(26)25(14)18)12-28-20(27)11-21-7-15-5-16(8-21)10-22(23,9-15)13-21/h2-4,6,15-16H,5,7-13H2,1H3. The molecule has 2 heterocycles. The molecule has 0 aliphatic heterocycles. The summed E-state index contributed by atoms with van der Waals surface area (Å²) in [6.45, 7) is 1.93. The first-order chi connectivity index (χ1) is 13.3. The number of hydrogen-bond donors (Lipinski definition) is 0. The Morgan fingerprint density at radius 2 is 2.04 bits per heavy atom. The number of aryl methyl sites for hydroxylation is 1. The average molecular weight is 445 g/mol. The minimum atomic E-state index is -0.163. The lowest BCUT2D eigenvalue weighted by Gasteiger charge is -2.60. The van der Waals surface area contributed by atoms with Crippen LogP contribution in [0.3, 0.4) is 0 Å². The summed E-state index contributed by atoms with van der Waals surface area (Å²) in [7, 11) is 0. The third-order valence-corrected chi connectivity index (χ3v) is 7.87. The van der Waals surface area contributed by atoms with Crippen LogP contribution < -0.4 is 5.56 Å². The molecule has 0 radical (unpaired) electrons. The van der Waals surface area contributed by atoms with Crippen molar-refractivity contribution in [1.29, 1.82) is 0 Å². The molecule has 28 heavy (non-hydrogen) atoms. The summed E-state index contributed by atoms with van der Waals surface area (Å²) in [6, 6.07) is 7.00. The van der Waals surface area contributed by atoms with Crippen molar-refractivity contribution in [3.63, 3.8) is 0 Å². The van der Waals surface area contributed by atoms with E-state index in [1.807, 2.05) is 19.1 Å². The van der Waals surface area contributed by atoms with E-state index in [-0.39, 0.29) is 27.9 Å². The Hall–Kier alpha value is -1.69. The van der Waals surface area contributed by atoms with Gasteiger partial charge in [-0.2, -0.15) is 0 Å². The fourth-order valence-electron chi connectivity index (χ4n) is 6.49. The number of rotatable bonds is 4. The van der Waals surface area contributed by atoms with Gasteiger partial charge in [-0.15, -0.1) is 0 Å². The predicted molar refractivity (Wildman–Crippen MR) is 109 cm³/mol. The average Bonchev–Trinajstić information content (AvgIpc) is 2.57. The first kappa shape index (κ1) is 18.3. The number of pyridine rings is 1. The topological polar surface area (TPSA) is 60.7 Å². The van der Waals surface area contributed by atoms with E-state index in [2.05, 4.69) is 20.9 Å². The van der Waals surface area contributed by atoms with Crippen LogP contribution in [0.4, 0.5) is 0 Å². The maximum atomic E-state index is 12.7. The van der Waals surface area contributed by atoms with Crippen LogP contribution in [0, 0.1) is 24.2 Å². The molecule has 2 aromatic heterocycles. The van der Waals surface area contributed by atoms with Crippen molar-refractivity contribution in [2.24, 2.45) is 17.3 Å². The van der Waals surface area contributed by atoms with E-state index in [0.29, 0.717) is 17.8 Å². The van der Waals surface area contributed by atoms with Crippen LogP contribution in [-0.2, 0) is 16.1 Å². The van der Waals surface area contributed by atoms with Crippen LogP contribution in [0.5, 0.6) is 0 Å². The molecule has 0 aromatic carbocycles. The summed E-state index contributed by atoms with van der Waals surface area (Å²) in [5.74, 6) is 1.34. The third kappa shape index (κ3) is 3.19. The van der Waals surface area contributed by atoms with Gasteiger partial charge < -0.3 is 4.74 Å². The molecule has 2 unspecified atom stereocenters. The molecule has 0 saturated heterocycles. The van der Waals surface area contributed by atoms with E-state index >= 15 is 0 Å². The van der Waals surface area contributed by atoms with E-state index in [0.717, 1.165) is 36.8 Å². The number of alkyl halides is 1. The lowest BCUT2D eigenvalue weighted by atomic mass is 9.49. The van der Waals surface area contributed by atoms with Crippen molar-refractivity contribution in [3.8, 4) is 0 Å². The molecule has 5 nitrogen and oxygen atoms in total. The third-order valence-electron chi connectivity index (χ3n) is 6.94. The summed E-state index contributed by atoms with van der Waals surface area (Å²) in [4.78, 5) is 29.5. The highest BCUT2D eigenvalue weighted by Crippen LogP contribution is 2.65.